The van der Waals surface area contributed by atoms with Crippen molar-refractivity contribution in [1.29, 1.82) is 5.26 Å². The highest BCUT2D eigenvalue weighted by Gasteiger charge is 2.50. The molecule has 0 bridgehead atoms. The number of fused-ring (bicyclic) bond motifs is 1. The minimum absolute atomic E-state index is 0.226. The number of amides is 2. The molecule has 0 spiro atoms. The lowest BCUT2D eigenvalue weighted by atomic mass is 9.66. The Kier molecular flexibility index (Phi) is 7.95. The molecule has 2 aliphatic rings. The second-order valence-corrected chi connectivity index (χ2v) is 12.6. The fourth-order valence-corrected chi connectivity index (χ4v) is 6.83. The number of aliphatic hydroxyl groups is 1. The number of carbonyl (C=O) groups excluding carboxylic acids is 2. The topological polar surface area (TPSA) is 106 Å². The molecular formula is C34H39FN4O3. The molecule has 3 aromatic rings. The van der Waals surface area contributed by atoms with Gasteiger partial charge in [0.05, 0.1) is 28.5 Å². The number of aromatic nitrogens is 1. The van der Waals surface area contributed by atoms with Crippen molar-refractivity contribution >= 4 is 22.7 Å². The smallest absolute Gasteiger partial charge is 0.234 e. The SMILES string of the molecule is CCC(C#N)(CC)c1ccc(CN2CC[C@](O)(c3ccc4ncc(C5CCC(=O)NC5=O)cc4c3F)C(C)(C)C2)cc1. The molecule has 2 N–H and O–H groups in total. The molecule has 7 nitrogen and oxygen atoms in total. The van der Waals surface area contributed by atoms with Gasteiger partial charge in [0, 0.05) is 48.6 Å². The van der Waals surface area contributed by atoms with E-state index < -0.39 is 34.1 Å². The van der Waals surface area contributed by atoms with Crippen LogP contribution >= 0.6 is 0 Å². The van der Waals surface area contributed by atoms with Crippen molar-refractivity contribution in [2.45, 2.75) is 83.3 Å². The zero-order chi connectivity index (χ0) is 30.3. The predicted octanol–water partition coefficient (Wildman–Crippen LogP) is 5.60. The Labute approximate surface area is 246 Å². The third kappa shape index (κ3) is 5.10. The lowest BCUT2D eigenvalue weighted by molar-refractivity contribution is -0.134. The van der Waals surface area contributed by atoms with E-state index in [-0.39, 0.29) is 23.3 Å². The highest BCUT2D eigenvalue weighted by molar-refractivity contribution is 6.01. The molecule has 2 aromatic carbocycles. The Morgan fingerprint density at radius 3 is 2.50 bits per heavy atom. The zero-order valence-electron chi connectivity index (χ0n) is 24.8. The Morgan fingerprint density at radius 2 is 1.88 bits per heavy atom. The van der Waals surface area contributed by atoms with Crippen molar-refractivity contribution in [3.63, 3.8) is 0 Å². The maximum Gasteiger partial charge on any atom is 0.234 e. The van der Waals surface area contributed by atoms with Crippen molar-refractivity contribution in [1.82, 2.24) is 15.2 Å². The van der Waals surface area contributed by atoms with Crippen LogP contribution < -0.4 is 5.32 Å². The quantitative estimate of drug-likeness (QED) is 0.359. The lowest BCUT2D eigenvalue weighted by Gasteiger charge is -2.50. The van der Waals surface area contributed by atoms with Gasteiger partial charge in [0.1, 0.15) is 5.82 Å². The summed E-state index contributed by atoms with van der Waals surface area (Å²) in [6, 6.07) is 15.8. The van der Waals surface area contributed by atoms with Gasteiger partial charge in [-0.1, -0.05) is 58.0 Å². The third-order valence-corrected chi connectivity index (χ3v) is 9.77. The summed E-state index contributed by atoms with van der Waals surface area (Å²) in [6.45, 7) is 9.86. The first-order valence-corrected chi connectivity index (χ1v) is 14.8. The average Bonchev–Trinajstić information content (AvgIpc) is 2.97. The lowest BCUT2D eigenvalue weighted by Crippen LogP contribution is -2.55. The van der Waals surface area contributed by atoms with Gasteiger partial charge in [0.15, 0.2) is 0 Å². The molecule has 1 aromatic heterocycles. The van der Waals surface area contributed by atoms with Crippen molar-refractivity contribution in [2.24, 2.45) is 5.41 Å². The number of nitrogens with one attached hydrogen (secondary N) is 1. The third-order valence-electron chi connectivity index (χ3n) is 9.77. The number of nitriles is 1. The fraction of sp³-hybridized carbons (Fsp3) is 0.471. The maximum atomic E-state index is 16.2. The fourth-order valence-electron chi connectivity index (χ4n) is 6.83. The molecule has 5 rings (SSSR count). The summed E-state index contributed by atoms with van der Waals surface area (Å²) in [5.41, 5.74) is 0.848. The molecule has 2 fully saturated rings. The van der Waals surface area contributed by atoms with Crippen LogP contribution in [0.2, 0.25) is 0 Å². The number of hydrogen-bond acceptors (Lipinski definition) is 6. The summed E-state index contributed by atoms with van der Waals surface area (Å²) < 4.78 is 16.2. The van der Waals surface area contributed by atoms with E-state index in [0.29, 0.717) is 43.6 Å². The minimum atomic E-state index is -1.41. The number of carbonyl (C=O) groups is 2. The van der Waals surface area contributed by atoms with Gasteiger partial charge in [-0.15, -0.1) is 0 Å². The molecule has 3 heterocycles. The normalized spacial score (nSPS) is 23.0. The number of benzene rings is 2. The van der Waals surface area contributed by atoms with Gasteiger partial charge in [-0.2, -0.15) is 5.26 Å². The van der Waals surface area contributed by atoms with Crippen LogP contribution in [0.25, 0.3) is 10.9 Å². The van der Waals surface area contributed by atoms with E-state index in [1.54, 1.807) is 24.4 Å². The van der Waals surface area contributed by atoms with Crippen LogP contribution in [0.4, 0.5) is 4.39 Å². The first-order chi connectivity index (χ1) is 20.0. The molecular weight excluding hydrogens is 531 g/mol. The molecule has 0 saturated carbocycles. The van der Waals surface area contributed by atoms with Crippen molar-refractivity contribution < 1.29 is 19.1 Å². The van der Waals surface area contributed by atoms with Crippen molar-refractivity contribution in [3.05, 3.63) is 76.7 Å². The molecule has 42 heavy (non-hydrogen) atoms. The largest absolute Gasteiger partial charge is 0.384 e. The monoisotopic (exact) mass is 570 g/mol. The standard InChI is InChI=1S/C34H39FN4O3/c1-5-33(6-2,20-36)24-9-7-22(8-10-24)19-39-16-15-34(42,32(3,4)21-39)27-12-13-28-26(30(27)35)17-23(18-37-28)25-11-14-29(40)38-31(25)41/h7-10,12-13,17-18,25,42H,5-6,11,14-16,19,21H2,1-4H3,(H,38,40,41)/t25?,34-/m0/s1. The predicted molar refractivity (Wildman–Crippen MR) is 159 cm³/mol. The van der Waals surface area contributed by atoms with Crippen molar-refractivity contribution in [2.75, 3.05) is 13.1 Å². The van der Waals surface area contributed by atoms with Gasteiger partial charge < -0.3 is 5.11 Å². The second kappa shape index (κ2) is 11.2. The minimum Gasteiger partial charge on any atom is -0.384 e. The Bertz CT molecular complexity index is 1560. The number of likely N-dealkylation sites (tertiary alicyclic amines) is 1. The van der Waals surface area contributed by atoms with Crippen LogP contribution in [0.1, 0.15) is 88.0 Å². The van der Waals surface area contributed by atoms with Gasteiger partial charge in [-0.25, -0.2) is 4.39 Å². The Morgan fingerprint density at radius 1 is 1.17 bits per heavy atom. The maximum absolute atomic E-state index is 16.2. The van der Waals surface area contributed by atoms with Gasteiger partial charge in [0.25, 0.3) is 0 Å². The first kappa shape index (κ1) is 29.8. The van der Waals surface area contributed by atoms with Crippen LogP contribution in [-0.4, -0.2) is 39.9 Å². The highest BCUT2D eigenvalue weighted by Crippen LogP contribution is 2.48. The molecule has 2 amide bonds. The number of imide groups is 1. The summed E-state index contributed by atoms with van der Waals surface area (Å²) in [5, 5.41) is 24.5. The summed E-state index contributed by atoms with van der Waals surface area (Å²) in [5.74, 6) is -1.80. The van der Waals surface area contributed by atoms with E-state index >= 15 is 4.39 Å². The number of halogens is 1. The van der Waals surface area contributed by atoms with Crippen LogP contribution in [0.15, 0.2) is 48.7 Å². The Balaban J connectivity index is 1.37. The molecule has 2 atom stereocenters. The number of pyridine rings is 1. The van der Waals surface area contributed by atoms with E-state index in [1.807, 2.05) is 27.7 Å². The zero-order valence-corrected chi connectivity index (χ0v) is 24.8. The van der Waals surface area contributed by atoms with Crippen LogP contribution in [0.5, 0.6) is 0 Å². The Hall–Kier alpha value is -3.67. The van der Waals surface area contributed by atoms with E-state index in [9.17, 15) is 20.0 Å². The molecule has 8 heteroatoms. The van der Waals surface area contributed by atoms with Gasteiger partial charge >= 0.3 is 0 Å². The van der Waals surface area contributed by atoms with Crippen LogP contribution in [-0.2, 0) is 27.1 Å². The van der Waals surface area contributed by atoms with Crippen LogP contribution in [0.3, 0.4) is 0 Å². The number of piperidine rings is 2. The molecule has 2 saturated heterocycles. The van der Waals surface area contributed by atoms with E-state index in [4.69, 9.17) is 0 Å². The molecule has 0 aliphatic carbocycles. The van der Waals surface area contributed by atoms with E-state index in [1.165, 1.54) is 0 Å². The van der Waals surface area contributed by atoms with Gasteiger partial charge in [0.2, 0.25) is 11.8 Å². The molecule has 0 radical (unpaired) electrons. The van der Waals surface area contributed by atoms with Gasteiger partial charge in [-0.05, 0) is 54.5 Å². The summed E-state index contributed by atoms with van der Waals surface area (Å²) in [6.07, 6.45) is 4.02. The molecule has 2 aliphatic heterocycles. The number of rotatable bonds is 7. The number of hydrogen-bond donors (Lipinski definition) is 2. The summed E-state index contributed by atoms with van der Waals surface area (Å²) in [4.78, 5) is 30.7. The van der Waals surface area contributed by atoms with Crippen molar-refractivity contribution in [3.8, 4) is 6.07 Å². The first-order valence-electron chi connectivity index (χ1n) is 14.8. The summed E-state index contributed by atoms with van der Waals surface area (Å²) >= 11 is 0. The molecule has 220 valence electrons. The van der Waals surface area contributed by atoms with Crippen LogP contribution in [0, 0.1) is 22.6 Å². The second-order valence-electron chi connectivity index (χ2n) is 12.6. The van der Waals surface area contributed by atoms with E-state index in [0.717, 1.165) is 24.0 Å². The highest BCUT2D eigenvalue weighted by atomic mass is 19.1. The average molecular weight is 571 g/mol. The number of nitrogens with zero attached hydrogens (tertiary/aromatic N) is 3. The summed E-state index contributed by atoms with van der Waals surface area (Å²) in [7, 11) is 0. The van der Waals surface area contributed by atoms with E-state index in [2.05, 4.69) is 45.5 Å². The van der Waals surface area contributed by atoms with Gasteiger partial charge in [-0.3, -0.25) is 24.8 Å². The molecule has 1 unspecified atom stereocenters.